The number of rotatable bonds is 9. The molecule has 0 saturated heterocycles. The monoisotopic (exact) mass is 460 g/mol. The Kier molecular flexibility index (Phi) is 5.19. The zero-order valence-electron chi connectivity index (χ0n) is 19.1. The van der Waals surface area contributed by atoms with Crippen molar-refractivity contribution in [2.75, 3.05) is 0 Å². The lowest BCUT2D eigenvalue weighted by atomic mass is 10.1. The molecule has 0 aliphatic heterocycles. The molecule has 3 saturated carbocycles. The maximum absolute atomic E-state index is 12.7. The van der Waals surface area contributed by atoms with E-state index in [9.17, 15) is 9.59 Å². The van der Waals surface area contributed by atoms with Crippen molar-refractivity contribution in [1.29, 1.82) is 0 Å². The van der Waals surface area contributed by atoms with Gasteiger partial charge in [-0.25, -0.2) is 9.97 Å². The number of aromatic nitrogens is 4. The van der Waals surface area contributed by atoms with Gasteiger partial charge in [0.15, 0.2) is 5.82 Å². The summed E-state index contributed by atoms with van der Waals surface area (Å²) in [5.41, 5.74) is 1.42. The number of carbonyl (C=O) groups excluding carboxylic acids is 2. The standard InChI is InChI=1S/C25H28N6O3/c1-13(14-5-6-14)27-24(33)22-29-21(30-31-22)17-3-2-4-18(11-17)25-26-12-19(34-25)23(32)28-20(15-7-8-15)16-9-10-16/h2-4,11-16,20H,5-10H2,1H3,(H,27,33)(H,28,32)(H,29,30,31). The van der Waals surface area contributed by atoms with Gasteiger partial charge in [0.2, 0.25) is 17.5 Å². The fraction of sp³-hybridized carbons (Fsp3) is 0.480. The average molecular weight is 461 g/mol. The summed E-state index contributed by atoms with van der Waals surface area (Å²) in [6.45, 7) is 2.01. The van der Waals surface area contributed by atoms with Gasteiger partial charge < -0.3 is 15.1 Å². The van der Waals surface area contributed by atoms with Gasteiger partial charge in [0.25, 0.3) is 11.8 Å². The molecular weight excluding hydrogens is 432 g/mol. The van der Waals surface area contributed by atoms with Crippen LogP contribution >= 0.6 is 0 Å². The third-order valence-corrected chi connectivity index (χ3v) is 7.04. The molecule has 3 aliphatic rings. The minimum Gasteiger partial charge on any atom is -0.431 e. The molecule has 0 radical (unpaired) electrons. The van der Waals surface area contributed by atoms with Crippen molar-refractivity contribution >= 4 is 11.8 Å². The molecule has 1 atom stereocenters. The van der Waals surface area contributed by atoms with Crippen molar-refractivity contribution in [2.24, 2.45) is 17.8 Å². The zero-order valence-corrected chi connectivity index (χ0v) is 19.1. The van der Waals surface area contributed by atoms with E-state index >= 15 is 0 Å². The van der Waals surface area contributed by atoms with Crippen molar-refractivity contribution in [3.05, 3.63) is 42.0 Å². The predicted molar refractivity (Wildman–Crippen MR) is 124 cm³/mol. The van der Waals surface area contributed by atoms with E-state index in [-0.39, 0.29) is 35.5 Å². The van der Waals surface area contributed by atoms with Crippen molar-refractivity contribution in [2.45, 2.75) is 57.5 Å². The summed E-state index contributed by atoms with van der Waals surface area (Å²) in [5, 5.41) is 13.1. The Labute approximate surface area is 197 Å². The Morgan fingerprint density at radius 3 is 2.41 bits per heavy atom. The van der Waals surface area contributed by atoms with Gasteiger partial charge in [-0.05, 0) is 75.3 Å². The second-order valence-electron chi connectivity index (χ2n) is 9.89. The molecule has 0 bridgehead atoms. The molecule has 3 aromatic rings. The van der Waals surface area contributed by atoms with E-state index in [2.05, 4.69) is 30.8 Å². The zero-order chi connectivity index (χ0) is 23.2. The fourth-order valence-corrected chi connectivity index (χ4v) is 4.54. The lowest BCUT2D eigenvalue weighted by Crippen LogP contribution is -2.37. The van der Waals surface area contributed by atoms with Crippen LogP contribution in [-0.2, 0) is 0 Å². The van der Waals surface area contributed by atoms with Crippen LogP contribution in [0.15, 0.2) is 34.9 Å². The van der Waals surface area contributed by atoms with E-state index in [0.717, 1.165) is 18.4 Å². The van der Waals surface area contributed by atoms with Gasteiger partial charge in [-0.2, -0.15) is 5.10 Å². The third-order valence-electron chi connectivity index (χ3n) is 7.04. The maximum Gasteiger partial charge on any atom is 0.288 e. The molecule has 2 heterocycles. The molecule has 6 rings (SSSR count). The van der Waals surface area contributed by atoms with E-state index < -0.39 is 0 Å². The third kappa shape index (κ3) is 4.47. The Morgan fingerprint density at radius 1 is 1.00 bits per heavy atom. The highest BCUT2D eigenvalue weighted by Gasteiger charge is 2.42. The number of nitrogens with one attached hydrogen (secondary N) is 3. The van der Waals surface area contributed by atoms with Crippen LogP contribution in [0.3, 0.4) is 0 Å². The Balaban J connectivity index is 1.15. The molecule has 3 fully saturated rings. The molecule has 3 aliphatic carbocycles. The van der Waals surface area contributed by atoms with Gasteiger partial charge in [0.1, 0.15) is 0 Å². The predicted octanol–water partition coefficient (Wildman–Crippen LogP) is 3.57. The van der Waals surface area contributed by atoms with Crippen LogP contribution in [0.2, 0.25) is 0 Å². The van der Waals surface area contributed by atoms with Gasteiger partial charge in [-0.1, -0.05) is 12.1 Å². The number of hydrogen-bond acceptors (Lipinski definition) is 6. The maximum atomic E-state index is 12.7. The van der Waals surface area contributed by atoms with E-state index in [1.165, 1.54) is 31.9 Å². The molecule has 3 N–H and O–H groups in total. The first-order valence-electron chi connectivity index (χ1n) is 12.2. The van der Waals surface area contributed by atoms with Crippen molar-refractivity contribution < 1.29 is 14.0 Å². The Bertz CT molecular complexity index is 1210. The second-order valence-corrected chi connectivity index (χ2v) is 9.89. The summed E-state index contributed by atoms with van der Waals surface area (Å²) in [6.07, 6.45) is 8.56. The number of amides is 2. The lowest BCUT2D eigenvalue weighted by Gasteiger charge is -2.16. The molecular formula is C25H28N6O3. The molecule has 176 valence electrons. The van der Waals surface area contributed by atoms with Gasteiger partial charge in [0.05, 0.1) is 6.20 Å². The number of hydrogen-bond donors (Lipinski definition) is 3. The summed E-state index contributed by atoms with van der Waals surface area (Å²) in [5.74, 6) is 2.49. The van der Waals surface area contributed by atoms with Crippen LogP contribution in [0.1, 0.15) is 66.6 Å². The van der Waals surface area contributed by atoms with Gasteiger partial charge in [-0.15, -0.1) is 0 Å². The van der Waals surface area contributed by atoms with E-state index in [1.807, 2.05) is 31.2 Å². The molecule has 9 heteroatoms. The average Bonchev–Trinajstić information content (AvgIpc) is 3.75. The van der Waals surface area contributed by atoms with Gasteiger partial charge in [-0.3, -0.25) is 14.7 Å². The Morgan fingerprint density at radius 2 is 1.71 bits per heavy atom. The number of benzene rings is 1. The van der Waals surface area contributed by atoms with E-state index in [1.54, 1.807) is 0 Å². The SMILES string of the molecule is CC(NC(=O)c1nc(-c2cccc(-c3ncc(C(=O)NC(C4CC4)C4CC4)o3)c2)n[nH]1)C1CC1. The normalized spacial score (nSPS) is 18.6. The molecule has 1 aromatic carbocycles. The minimum atomic E-state index is -0.256. The molecule has 0 spiro atoms. The van der Waals surface area contributed by atoms with Gasteiger partial charge in [0, 0.05) is 23.2 Å². The Hall–Kier alpha value is -3.49. The van der Waals surface area contributed by atoms with Crippen LogP contribution in [0.4, 0.5) is 0 Å². The summed E-state index contributed by atoms with van der Waals surface area (Å²) in [4.78, 5) is 33.9. The summed E-state index contributed by atoms with van der Waals surface area (Å²) >= 11 is 0. The number of aromatic amines is 1. The molecule has 34 heavy (non-hydrogen) atoms. The number of H-pyrrole nitrogens is 1. The largest absolute Gasteiger partial charge is 0.431 e. The highest BCUT2D eigenvalue weighted by molar-refractivity contribution is 5.92. The number of carbonyl (C=O) groups is 2. The van der Waals surface area contributed by atoms with Crippen LogP contribution in [0.25, 0.3) is 22.8 Å². The highest BCUT2D eigenvalue weighted by Crippen LogP contribution is 2.44. The molecule has 9 nitrogen and oxygen atoms in total. The van der Waals surface area contributed by atoms with Crippen molar-refractivity contribution in [1.82, 2.24) is 30.8 Å². The van der Waals surface area contributed by atoms with Crippen LogP contribution < -0.4 is 10.6 Å². The van der Waals surface area contributed by atoms with Gasteiger partial charge >= 0.3 is 0 Å². The summed E-state index contributed by atoms with van der Waals surface area (Å²) < 4.78 is 5.80. The van der Waals surface area contributed by atoms with Crippen LogP contribution in [-0.4, -0.2) is 44.1 Å². The smallest absolute Gasteiger partial charge is 0.288 e. The highest BCUT2D eigenvalue weighted by atomic mass is 16.4. The lowest BCUT2D eigenvalue weighted by molar-refractivity contribution is 0.0897. The first-order valence-corrected chi connectivity index (χ1v) is 12.2. The fourth-order valence-electron chi connectivity index (χ4n) is 4.54. The summed E-state index contributed by atoms with van der Waals surface area (Å²) in [7, 11) is 0. The van der Waals surface area contributed by atoms with Crippen molar-refractivity contribution in [3.8, 4) is 22.8 Å². The van der Waals surface area contributed by atoms with E-state index in [4.69, 9.17) is 4.42 Å². The molecule has 2 aromatic heterocycles. The summed E-state index contributed by atoms with van der Waals surface area (Å²) in [6, 6.07) is 7.77. The second kappa shape index (κ2) is 8.38. The quantitative estimate of drug-likeness (QED) is 0.448. The van der Waals surface area contributed by atoms with Crippen LogP contribution in [0, 0.1) is 17.8 Å². The first kappa shape index (κ1) is 21.1. The van der Waals surface area contributed by atoms with E-state index in [0.29, 0.717) is 35.0 Å². The first-order chi connectivity index (χ1) is 16.5. The molecule has 2 amide bonds. The van der Waals surface area contributed by atoms with Crippen molar-refractivity contribution in [3.63, 3.8) is 0 Å². The number of oxazole rings is 1. The molecule has 1 unspecified atom stereocenters. The van der Waals surface area contributed by atoms with Crippen LogP contribution in [0.5, 0.6) is 0 Å². The minimum absolute atomic E-state index is 0.129. The number of nitrogens with zero attached hydrogens (tertiary/aromatic N) is 3. The topological polar surface area (TPSA) is 126 Å².